The van der Waals surface area contributed by atoms with Crippen LogP contribution in [0.25, 0.3) is 5.70 Å². The van der Waals surface area contributed by atoms with Crippen LogP contribution in [-0.2, 0) is 5.41 Å². The minimum Gasteiger partial charge on any atom is -0.381 e. The highest BCUT2D eigenvalue weighted by Crippen LogP contribution is 2.35. The van der Waals surface area contributed by atoms with Crippen molar-refractivity contribution < 1.29 is 0 Å². The zero-order valence-corrected chi connectivity index (χ0v) is 11.8. The van der Waals surface area contributed by atoms with Crippen molar-refractivity contribution in [1.29, 1.82) is 0 Å². The summed E-state index contributed by atoms with van der Waals surface area (Å²) < 4.78 is 0. The van der Waals surface area contributed by atoms with E-state index in [9.17, 15) is 0 Å². The predicted molar refractivity (Wildman–Crippen MR) is 79.4 cm³/mol. The van der Waals surface area contributed by atoms with Crippen LogP contribution < -0.4 is 5.32 Å². The molecule has 0 fully saturated rings. The van der Waals surface area contributed by atoms with E-state index in [1.807, 2.05) is 0 Å². The van der Waals surface area contributed by atoms with E-state index in [1.165, 1.54) is 16.8 Å². The van der Waals surface area contributed by atoms with E-state index in [0.29, 0.717) is 5.92 Å². The molecule has 1 aromatic rings. The molecule has 1 aromatic carbocycles. The highest BCUT2D eigenvalue weighted by molar-refractivity contribution is 5.70. The number of rotatable bonds is 3. The van der Waals surface area contributed by atoms with E-state index < -0.39 is 0 Å². The molecule has 0 amide bonds. The van der Waals surface area contributed by atoms with Gasteiger partial charge in [-0.25, -0.2) is 0 Å². The average molecular weight is 241 g/mol. The standard InChI is InChI=1S/C17H23N/c1-13(2)17(3,4)15-10-6-5-9-14(15)16-11-7-8-12-18-16/h5-11,13,18H,12H2,1-4H3. The van der Waals surface area contributed by atoms with Gasteiger partial charge in [0, 0.05) is 17.8 Å². The van der Waals surface area contributed by atoms with Gasteiger partial charge in [-0.05, 0) is 23.0 Å². The molecule has 1 N–H and O–H groups in total. The molecular weight excluding hydrogens is 218 g/mol. The van der Waals surface area contributed by atoms with Crippen LogP contribution in [0.3, 0.4) is 0 Å². The van der Waals surface area contributed by atoms with Gasteiger partial charge in [-0.1, -0.05) is 64.1 Å². The van der Waals surface area contributed by atoms with Gasteiger partial charge in [0.1, 0.15) is 0 Å². The lowest BCUT2D eigenvalue weighted by atomic mass is 9.73. The third-order valence-corrected chi connectivity index (χ3v) is 4.16. The molecule has 1 aliphatic rings. The molecular formula is C17H23N. The third kappa shape index (κ3) is 2.35. The maximum Gasteiger partial charge on any atom is 0.0419 e. The Morgan fingerprint density at radius 1 is 1.17 bits per heavy atom. The van der Waals surface area contributed by atoms with Crippen LogP contribution in [0.15, 0.2) is 42.5 Å². The summed E-state index contributed by atoms with van der Waals surface area (Å²) in [6.07, 6.45) is 6.43. The van der Waals surface area contributed by atoms with Gasteiger partial charge in [-0.2, -0.15) is 0 Å². The van der Waals surface area contributed by atoms with Crippen molar-refractivity contribution in [3.8, 4) is 0 Å². The number of hydrogen-bond acceptors (Lipinski definition) is 1. The van der Waals surface area contributed by atoms with Crippen LogP contribution in [0.2, 0.25) is 0 Å². The van der Waals surface area contributed by atoms with E-state index in [0.717, 1.165) is 6.54 Å². The Morgan fingerprint density at radius 2 is 1.89 bits per heavy atom. The number of allylic oxidation sites excluding steroid dienone is 2. The topological polar surface area (TPSA) is 12.0 Å². The Balaban J connectivity index is 2.49. The van der Waals surface area contributed by atoms with E-state index in [1.54, 1.807) is 0 Å². The summed E-state index contributed by atoms with van der Waals surface area (Å²) in [4.78, 5) is 0. The summed E-state index contributed by atoms with van der Waals surface area (Å²) in [7, 11) is 0. The summed E-state index contributed by atoms with van der Waals surface area (Å²) in [5.74, 6) is 0.610. The second-order valence-electron chi connectivity index (χ2n) is 5.81. The summed E-state index contributed by atoms with van der Waals surface area (Å²) in [5, 5.41) is 3.46. The lowest BCUT2D eigenvalue weighted by Gasteiger charge is -2.33. The van der Waals surface area contributed by atoms with Crippen molar-refractivity contribution in [2.45, 2.75) is 33.1 Å². The molecule has 0 unspecified atom stereocenters. The van der Waals surface area contributed by atoms with Gasteiger partial charge < -0.3 is 5.32 Å². The van der Waals surface area contributed by atoms with E-state index in [2.05, 4.69) is 75.5 Å². The van der Waals surface area contributed by atoms with Crippen LogP contribution in [0.1, 0.15) is 38.8 Å². The van der Waals surface area contributed by atoms with Gasteiger partial charge in [0.15, 0.2) is 0 Å². The molecule has 1 heterocycles. The number of hydrogen-bond donors (Lipinski definition) is 1. The Morgan fingerprint density at radius 3 is 2.50 bits per heavy atom. The van der Waals surface area contributed by atoms with Crippen molar-refractivity contribution in [2.24, 2.45) is 5.92 Å². The molecule has 0 atom stereocenters. The third-order valence-electron chi connectivity index (χ3n) is 4.16. The second kappa shape index (κ2) is 5.01. The molecule has 0 aliphatic carbocycles. The van der Waals surface area contributed by atoms with Crippen LogP contribution in [-0.4, -0.2) is 6.54 Å². The van der Waals surface area contributed by atoms with Crippen molar-refractivity contribution in [2.75, 3.05) is 6.54 Å². The minimum atomic E-state index is 0.181. The molecule has 18 heavy (non-hydrogen) atoms. The Labute approximate surface area is 111 Å². The Kier molecular flexibility index (Phi) is 3.60. The van der Waals surface area contributed by atoms with E-state index in [4.69, 9.17) is 0 Å². The zero-order valence-electron chi connectivity index (χ0n) is 11.8. The first-order chi connectivity index (χ1) is 8.53. The SMILES string of the molecule is CC(C)C(C)(C)c1ccccc1C1=CC=CCN1. The molecule has 1 heteroatoms. The molecule has 2 rings (SSSR count). The van der Waals surface area contributed by atoms with Gasteiger partial charge in [0.25, 0.3) is 0 Å². The quantitative estimate of drug-likeness (QED) is 0.839. The molecule has 1 nitrogen and oxygen atoms in total. The fraction of sp³-hybridized carbons (Fsp3) is 0.412. The van der Waals surface area contributed by atoms with Crippen LogP contribution >= 0.6 is 0 Å². The molecule has 0 saturated heterocycles. The first-order valence-corrected chi connectivity index (χ1v) is 6.74. The molecule has 0 saturated carbocycles. The van der Waals surface area contributed by atoms with E-state index >= 15 is 0 Å². The normalized spacial score (nSPS) is 15.5. The largest absolute Gasteiger partial charge is 0.381 e. The van der Waals surface area contributed by atoms with Crippen LogP contribution in [0.5, 0.6) is 0 Å². The molecule has 1 aliphatic heterocycles. The predicted octanol–water partition coefficient (Wildman–Crippen LogP) is 4.12. The summed E-state index contributed by atoms with van der Waals surface area (Å²) in [6, 6.07) is 8.74. The highest BCUT2D eigenvalue weighted by Gasteiger charge is 2.27. The van der Waals surface area contributed by atoms with Gasteiger partial charge in [-0.15, -0.1) is 0 Å². The fourth-order valence-corrected chi connectivity index (χ4v) is 2.24. The molecule has 0 bridgehead atoms. The average Bonchev–Trinajstić information content (AvgIpc) is 2.39. The van der Waals surface area contributed by atoms with Crippen molar-refractivity contribution in [1.82, 2.24) is 5.32 Å². The molecule has 0 radical (unpaired) electrons. The van der Waals surface area contributed by atoms with Gasteiger partial charge in [-0.3, -0.25) is 0 Å². The van der Waals surface area contributed by atoms with Crippen molar-refractivity contribution >= 4 is 5.70 Å². The zero-order chi connectivity index (χ0) is 13.2. The summed E-state index contributed by atoms with van der Waals surface area (Å²) in [6.45, 7) is 10.2. The Hall–Kier alpha value is -1.50. The van der Waals surface area contributed by atoms with Crippen molar-refractivity contribution in [3.05, 3.63) is 53.6 Å². The molecule has 0 aromatic heterocycles. The maximum atomic E-state index is 3.46. The fourth-order valence-electron chi connectivity index (χ4n) is 2.24. The van der Waals surface area contributed by atoms with Crippen LogP contribution in [0.4, 0.5) is 0 Å². The molecule has 0 spiro atoms. The minimum absolute atomic E-state index is 0.181. The number of nitrogens with one attached hydrogen (secondary N) is 1. The second-order valence-corrected chi connectivity index (χ2v) is 5.81. The summed E-state index contributed by atoms with van der Waals surface area (Å²) >= 11 is 0. The Bertz CT molecular complexity index is 478. The first-order valence-electron chi connectivity index (χ1n) is 6.74. The van der Waals surface area contributed by atoms with E-state index in [-0.39, 0.29) is 5.41 Å². The lowest BCUT2D eigenvalue weighted by Crippen LogP contribution is -2.27. The molecule has 96 valence electrons. The highest BCUT2D eigenvalue weighted by atomic mass is 14.9. The number of benzene rings is 1. The van der Waals surface area contributed by atoms with Gasteiger partial charge in [0.2, 0.25) is 0 Å². The summed E-state index contributed by atoms with van der Waals surface area (Å²) in [5.41, 5.74) is 4.18. The first kappa shape index (κ1) is 12.9. The smallest absolute Gasteiger partial charge is 0.0419 e. The lowest BCUT2D eigenvalue weighted by molar-refractivity contribution is 0.371. The van der Waals surface area contributed by atoms with Crippen molar-refractivity contribution in [3.63, 3.8) is 0 Å². The maximum absolute atomic E-state index is 3.46. The monoisotopic (exact) mass is 241 g/mol. The van der Waals surface area contributed by atoms with Gasteiger partial charge in [0.05, 0.1) is 0 Å². The van der Waals surface area contributed by atoms with Gasteiger partial charge >= 0.3 is 0 Å². The number of dihydropyridines is 1. The van der Waals surface area contributed by atoms with Crippen LogP contribution in [0, 0.1) is 5.92 Å².